The number of fused-ring (bicyclic) bond motifs is 3. The third-order valence-electron chi connectivity index (χ3n) is 5.96. The molecule has 3 aromatic carbocycles. The van der Waals surface area contributed by atoms with E-state index in [0.717, 1.165) is 39.0 Å². The van der Waals surface area contributed by atoms with E-state index < -0.39 is 0 Å². The first-order chi connectivity index (χ1) is 15.4. The highest BCUT2D eigenvalue weighted by Crippen LogP contribution is 2.30. The molecule has 0 aliphatic heterocycles. The van der Waals surface area contributed by atoms with E-state index in [1.807, 2.05) is 38.1 Å². The molecule has 0 saturated heterocycles. The molecule has 2 aromatic heterocycles. The van der Waals surface area contributed by atoms with Crippen LogP contribution < -0.4 is 5.56 Å². The summed E-state index contributed by atoms with van der Waals surface area (Å²) in [5.41, 5.74) is 8.92. The second-order valence-corrected chi connectivity index (χ2v) is 9.38. The fourth-order valence-corrected chi connectivity index (χ4v) is 5.17. The zero-order chi connectivity index (χ0) is 22.4. The Morgan fingerprint density at radius 1 is 0.906 bits per heavy atom. The number of aryl methyl sites for hydroxylation is 4. The van der Waals surface area contributed by atoms with Crippen LogP contribution in [0.1, 0.15) is 27.8 Å². The lowest BCUT2D eigenvalue weighted by Crippen LogP contribution is -2.22. The quantitative estimate of drug-likeness (QED) is 0.261. The van der Waals surface area contributed by atoms with Crippen molar-refractivity contribution in [2.45, 2.75) is 38.6 Å². The predicted octanol–water partition coefficient (Wildman–Crippen LogP) is 6.39. The summed E-state index contributed by atoms with van der Waals surface area (Å²) in [5, 5.41) is 1.68. The van der Waals surface area contributed by atoms with Gasteiger partial charge in [0, 0.05) is 16.7 Å². The Labute approximate surface area is 191 Å². The molecule has 2 heterocycles. The van der Waals surface area contributed by atoms with Crippen LogP contribution in [0.25, 0.3) is 27.6 Å². The van der Waals surface area contributed by atoms with Gasteiger partial charge in [-0.3, -0.25) is 9.36 Å². The predicted molar refractivity (Wildman–Crippen MR) is 134 cm³/mol. The second-order valence-electron chi connectivity index (χ2n) is 8.44. The number of rotatable bonds is 4. The maximum absolute atomic E-state index is 13.8. The molecule has 0 bridgehead atoms. The molecule has 0 atom stereocenters. The number of hydrogen-bond donors (Lipinski definition) is 1. The minimum Gasteiger partial charge on any atom is -0.349 e. The summed E-state index contributed by atoms with van der Waals surface area (Å²) >= 11 is 1.61. The largest absolute Gasteiger partial charge is 0.349 e. The van der Waals surface area contributed by atoms with Crippen LogP contribution in [0.15, 0.2) is 70.6 Å². The fraction of sp³-hybridized carbons (Fsp3) is 0.185. The van der Waals surface area contributed by atoms with E-state index in [1.165, 1.54) is 16.7 Å². The molecule has 32 heavy (non-hydrogen) atoms. The topological polar surface area (TPSA) is 50.7 Å². The van der Waals surface area contributed by atoms with E-state index in [1.54, 1.807) is 16.3 Å². The van der Waals surface area contributed by atoms with Gasteiger partial charge in [-0.2, -0.15) is 0 Å². The fourth-order valence-electron chi connectivity index (χ4n) is 4.11. The monoisotopic (exact) mass is 439 g/mol. The number of hydrogen-bond acceptors (Lipinski definition) is 3. The van der Waals surface area contributed by atoms with Crippen molar-refractivity contribution in [2.24, 2.45) is 0 Å². The molecule has 0 aliphatic carbocycles. The Balaban J connectivity index is 1.75. The summed E-state index contributed by atoms with van der Waals surface area (Å²) in [7, 11) is 0. The SMILES string of the molecule is Cc1ccc(C)c(CSc2nc3c([nH]c4ccccc43)c(=O)n2-c2cc(C)ccc2C)c1. The summed E-state index contributed by atoms with van der Waals surface area (Å²) in [4.78, 5) is 22.1. The number of para-hydroxylation sites is 1. The van der Waals surface area contributed by atoms with Gasteiger partial charge in [0.05, 0.1) is 5.69 Å². The molecule has 0 spiro atoms. The Morgan fingerprint density at radius 2 is 1.62 bits per heavy atom. The molecule has 0 amide bonds. The molecular formula is C27H25N3OS. The number of benzene rings is 3. The van der Waals surface area contributed by atoms with Gasteiger partial charge in [0.15, 0.2) is 5.16 Å². The third kappa shape index (κ3) is 3.53. The molecule has 0 radical (unpaired) electrons. The van der Waals surface area contributed by atoms with Crippen molar-refractivity contribution in [3.63, 3.8) is 0 Å². The highest BCUT2D eigenvalue weighted by atomic mass is 32.2. The molecule has 0 unspecified atom stereocenters. The number of aromatic amines is 1. The van der Waals surface area contributed by atoms with Crippen LogP contribution in [-0.4, -0.2) is 14.5 Å². The molecular weight excluding hydrogens is 414 g/mol. The molecule has 0 saturated carbocycles. The lowest BCUT2D eigenvalue weighted by Gasteiger charge is -2.15. The number of nitrogens with zero attached hydrogens (tertiary/aromatic N) is 2. The average Bonchev–Trinajstić information content (AvgIpc) is 3.15. The maximum atomic E-state index is 13.8. The van der Waals surface area contributed by atoms with Crippen LogP contribution in [0, 0.1) is 27.7 Å². The smallest absolute Gasteiger partial charge is 0.283 e. The molecule has 0 aliphatic rings. The van der Waals surface area contributed by atoms with Crippen LogP contribution in [0.2, 0.25) is 0 Å². The van der Waals surface area contributed by atoms with Gasteiger partial charge >= 0.3 is 0 Å². The minimum atomic E-state index is -0.0663. The Morgan fingerprint density at radius 3 is 2.44 bits per heavy atom. The molecule has 4 nitrogen and oxygen atoms in total. The Bertz CT molecular complexity index is 1540. The first-order valence-corrected chi connectivity index (χ1v) is 11.7. The van der Waals surface area contributed by atoms with Crippen molar-refractivity contribution in [2.75, 3.05) is 0 Å². The highest BCUT2D eigenvalue weighted by Gasteiger charge is 2.18. The van der Waals surface area contributed by atoms with Gasteiger partial charge in [0.2, 0.25) is 0 Å². The first kappa shape index (κ1) is 20.6. The van der Waals surface area contributed by atoms with Crippen LogP contribution in [0.5, 0.6) is 0 Å². The van der Waals surface area contributed by atoms with Crippen molar-refractivity contribution in [3.05, 3.63) is 98.8 Å². The van der Waals surface area contributed by atoms with Crippen molar-refractivity contribution in [1.29, 1.82) is 0 Å². The van der Waals surface area contributed by atoms with Crippen molar-refractivity contribution >= 4 is 33.7 Å². The summed E-state index contributed by atoms with van der Waals surface area (Å²) < 4.78 is 1.77. The van der Waals surface area contributed by atoms with Gasteiger partial charge in [-0.25, -0.2) is 4.98 Å². The van der Waals surface area contributed by atoms with E-state index in [9.17, 15) is 4.79 Å². The maximum Gasteiger partial charge on any atom is 0.283 e. The number of thioether (sulfide) groups is 1. The van der Waals surface area contributed by atoms with E-state index >= 15 is 0 Å². The van der Waals surface area contributed by atoms with Gasteiger partial charge in [-0.1, -0.05) is 65.9 Å². The summed E-state index contributed by atoms with van der Waals surface area (Å²) in [5.74, 6) is 0.749. The van der Waals surface area contributed by atoms with Crippen molar-refractivity contribution in [1.82, 2.24) is 14.5 Å². The summed E-state index contributed by atoms with van der Waals surface area (Å²) in [6, 6.07) is 20.7. The van der Waals surface area contributed by atoms with E-state index in [-0.39, 0.29) is 5.56 Å². The molecule has 1 N–H and O–H groups in total. The standard InChI is InChI=1S/C27H25N3OS/c1-16-9-11-18(3)20(13-16)15-32-27-29-24-21-7-5-6-8-22(21)28-25(24)26(31)30(27)23-14-17(2)10-12-19(23)4/h5-14,28H,15H2,1-4H3. The second kappa shape index (κ2) is 7.99. The van der Waals surface area contributed by atoms with Crippen LogP contribution in [-0.2, 0) is 5.75 Å². The third-order valence-corrected chi connectivity index (χ3v) is 6.95. The normalized spacial score (nSPS) is 11.5. The minimum absolute atomic E-state index is 0.0663. The van der Waals surface area contributed by atoms with Gasteiger partial charge in [0.1, 0.15) is 11.0 Å². The highest BCUT2D eigenvalue weighted by molar-refractivity contribution is 7.98. The Kier molecular flexibility index (Phi) is 5.14. The van der Waals surface area contributed by atoms with Crippen molar-refractivity contribution in [3.8, 4) is 5.69 Å². The van der Waals surface area contributed by atoms with Gasteiger partial charge in [-0.05, 0) is 62.1 Å². The number of H-pyrrole nitrogens is 1. The van der Waals surface area contributed by atoms with Crippen molar-refractivity contribution < 1.29 is 0 Å². The Hall–Kier alpha value is -3.31. The molecule has 0 fully saturated rings. The summed E-state index contributed by atoms with van der Waals surface area (Å²) in [6.45, 7) is 8.32. The average molecular weight is 440 g/mol. The van der Waals surface area contributed by atoms with E-state index in [0.29, 0.717) is 10.7 Å². The molecule has 160 valence electrons. The summed E-state index contributed by atoms with van der Waals surface area (Å²) in [6.07, 6.45) is 0. The van der Waals surface area contributed by atoms with Gasteiger partial charge in [-0.15, -0.1) is 0 Å². The lowest BCUT2D eigenvalue weighted by molar-refractivity contribution is 0.812. The zero-order valence-electron chi connectivity index (χ0n) is 18.7. The van der Waals surface area contributed by atoms with E-state index in [4.69, 9.17) is 4.98 Å². The number of nitrogens with one attached hydrogen (secondary N) is 1. The van der Waals surface area contributed by atoms with Crippen LogP contribution in [0.4, 0.5) is 0 Å². The van der Waals surface area contributed by atoms with E-state index in [2.05, 4.69) is 55.2 Å². The molecule has 5 aromatic rings. The number of aromatic nitrogens is 3. The molecule has 5 heteroatoms. The lowest BCUT2D eigenvalue weighted by atomic mass is 10.1. The van der Waals surface area contributed by atoms with Crippen LogP contribution in [0.3, 0.4) is 0 Å². The molecule has 5 rings (SSSR count). The van der Waals surface area contributed by atoms with Crippen LogP contribution >= 0.6 is 11.8 Å². The first-order valence-electron chi connectivity index (χ1n) is 10.7. The van der Waals surface area contributed by atoms with Gasteiger partial charge < -0.3 is 4.98 Å². The zero-order valence-corrected chi connectivity index (χ0v) is 19.5. The van der Waals surface area contributed by atoms with Gasteiger partial charge in [0.25, 0.3) is 5.56 Å².